The fourth-order valence-electron chi connectivity index (χ4n) is 6.63. The van der Waals surface area contributed by atoms with Gasteiger partial charge in [0.05, 0.1) is 29.5 Å². The number of nitrogens with one attached hydrogen (secondary N) is 4. The molecule has 11 N–H and O–H groups in total. The maximum atomic E-state index is 12.8. The van der Waals surface area contributed by atoms with Crippen LogP contribution in [-0.4, -0.2) is 106 Å². The molecule has 3 amide bonds. The summed E-state index contributed by atoms with van der Waals surface area (Å²) in [5.41, 5.74) is 2.35. The molecule has 1 aliphatic carbocycles. The number of benzene rings is 3. The minimum absolute atomic E-state index is 0.0533. The van der Waals surface area contributed by atoms with Crippen LogP contribution >= 0.6 is 0 Å². The second kappa shape index (κ2) is 15.8. The Morgan fingerprint density at radius 1 is 0.895 bits per heavy atom. The summed E-state index contributed by atoms with van der Waals surface area (Å²) in [7, 11) is -4.01. The third-order valence-electron chi connectivity index (χ3n) is 9.45. The molecule has 0 unspecified atom stereocenters. The van der Waals surface area contributed by atoms with Crippen LogP contribution in [0.1, 0.15) is 29.5 Å². The number of imidazole rings is 2. The van der Waals surface area contributed by atoms with Crippen molar-refractivity contribution < 1.29 is 43.5 Å². The second-order valence-corrected chi connectivity index (χ2v) is 14.8. The third-order valence-corrected chi connectivity index (χ3v) is 10.4. The van der Waals surface area contributed by atoms with Gasteiger partial charge in [-0.05, 0) is 60.0 Å². The van der Waals surface area contributed by atoms with Crippen LogP contribution in [0.3, 0.4) is 0 Å². The van der Waals surface area contributed by atoms with Crippen molar-refractivity contribution in [3.8, 4) is 17.4 Å². The number of carbonyl (C=O) groups is 2. The molecule has 0 aliphatic heterocycles. The first kappa shape index (κ1) is 38.6. The lowest BCUT2D eigenvalue weighted by Gasteiger charge is -2.20. The standard InChI is InChI=1S/C36H37N11O9S/c37-57(55,56)24-3-1-2-21(12-24)41-36(54)43-28-15-46(17-39-28)35-44-33(38-14-25(19-4-8-22(49)9-5-19)20-6-10-23(50)11-7-20)30-34(45-35)47(18-40-30)27-13-26(31(52)32(27)53)42-29(51)16-48/h1-12,15,17-18,25-27,31-32,48-50,52-53H,13-14,16H2,(H,42,51)(H2,37,55,56)(H,38,44,45)(H2,41,43,54)/t26-,27+,31+,32-/m0/s1. The van der Waals surface area contributed by atoms with Gasteiger partial charge in [0.2, 0.25) is 21.9 Å². The van der Waals surface area contributed by atoms with Crippen molar-refractivity contribution in [1.29, 1.82) is 0 Å². The van der Waals surface area contributed by atoms with E-state index in [-0.39, 0.29) is 69.7 Å². The van der Waals surface area contributed by atoms with E-state index < -0.39 is 52.9 Å². The number of aliphatic hydroxyl groups excluding tert-OH is 3. The predicted octanol–water partition coefficient (Wildman–Crippen LogP) is 1.10. The molecule has 0 bridgehead atoms. The summed E-state index contributed by atoms with van der Waals surface area (Å²) in [4.78, 5) is 42.9. The zero-order valence-corrected chi connectivity index (χ0v) is 30.5. The lowest BCUT2D eigenvalue weighted by atomic mass is 9.91. The average molecular weight is 800 g/mol. The zero-order valence-electron chi connectivity index (χ0n) is 29.7. The van der Waals surface area contributed by atoms with E-state index in [2.05, 4.69) is 31.2 Å². The molecule has 20 nitrogen and oxygen atoms in total. The van der Waals surface area contributed by atoms with E-state index in [0.717, 1.165) is 11.1 Å². The monoisotopic (exact) mass is 799 g/mol. The molecule has 3 heterocycles. The van der Waals surface area contributed by atoms with Crippen LogP contribution in [0, 0.1) is 0 Å². The summed E-state index contributed by atoms with van der Waals surface area (Å²) in [6, 6.07) is 16.3. The Balaban J connectivity index is 1.22. The Morgan fingerprint density at radius 3 is 2.23 bits per heavy atom. The van der Waals surface area contributed by atoms with Gasteiger partial charge in [0.1, 0.15) is 36.6 Å². The van der Waals surface area contributed by atoms with Crippen LogP contribution in [0.4, 0.5) is 22.1 Å². The predicted molar refractivity (Wildman–Crippen MR) is 204 cm³/mol. The van der Waals surface area contributed by atoms with E-state index in [1.165, 1.54) is 47.7 Å². The van der Waals surface area contributed by atoms with Crippen molar-refractivity contribution in [2.75, 3.05) is 29.1 Å². The van der Waals surface area contributed by atoms with Crippen LogP contribution in [-0.2, 0) is 14.8 Å². The number of primary sulfonamides is 1. The summed E-state index contributed by atoms with van der Waals surface area (Å²) in [6.07, 6.45) is 1.54. The number of aromatic nitrogens is 6. The van der Waals surface area contributed by atoms with Crippen molar-refractivity contribution >= 4 is 50.4 Å². The molecule has 6 aromatic rings. The summed E-state index contributed by atoms with van der Waals surface area (Å²) in [5, 5.41) is 67.2. The van der Waals surface area contributed by atoms with E-state index >= 15 is 0 Å². The molecular weight excluding hydrogens is 763 g/mol. The van der Waals surface area contributed by atoms with Crippen molar-refractivity contribution in [2.24, 2.45) is 5.14 Å². The molecular formula is C36H37N11O9S. The average Bonchev–Trinajstić information content (AvgIpc) is 3.90. The van der Waals surface area contributed by atoms with Gasteiger partial charge < -0.3 is 46.1 Å². The Morgan fingerprint density at radius 2 is 1.58 bits per heavy atom. The second-order valence-electron chi connectivity index (χ2n) is 13.2. The number of urea groups is 1. The van der Waals surface area contributed by atoms with Crippen LogP contribution in [0.25, 0.3) is 17.1 Å². The number of hydrogen-bond donors (Lipinski definition) is 10. The van der Waals surface area contributed by atoms with Crippen molar-refractivity contribution in [3.05, 3.63) is 103 Å². The minimum Gasteiger partial charge on any atom is -0.508 e. The van der Waals surface area contributed by atoms with Crippen LogP contribution in [0.2, 0.25) is 0 Å². The number of amides is 3. The fourth-order valence-corrected chi connectivity index (χ4v) is 7.19. The molecule has 3 aromatic heterocycles. The normalized spacial score (nSPS) is 18.1. The SMILES string of the molecule is NS(=O)(=O)c1cccc(NC(=O)Nc2cn(-c3nc(NCC(c4ccc(O)cc4)c4ccc(O)cc4)c4ncn([C@@H]5C[C@H](NC(=O)CO)[C@@H](O)[C@H]5O)c4n3)cn2)c1. The van der Waals surface area contributed by atoms with Crippen LogP contribution in [0.5, 0.6) is 11.5 Å². The van der Waals surface area contributed by atoms with E-state index in [0.29, 0.717) is 0 Å². The molecule has 21 heteroatoms. The number of fused-ring (bicyclic) bond motifs is 1. The Hall–Kier alpha value is -6.65. The van der Waals surface area contributed by atoms with Gasteiger partial charge in [0, 0.05) is 18.2 Å². The molecule has 0 saturated heterocycles. The highest BCUT2D eigenvalue weighted by Gasteiger charge is 2.44. The number of nitrogens with two attached hydrogens (primary N) is 1. The van der Waals surface area contributed by atoms with Gasteiger partial charge in [0.25, 0.3) is 0 Å². The first-order chi connectivity index (χ1) is 27.3. The van der Waals surface area contributed by atoms with Crippen molar-refractivity contribution in [2.45, 2.75) is 41.5 Å². The number of nitrogens with zero attached hydrogens (tertiary/aromatic N) is 6. The molecule has 1 saturated carbocycles. The van der Waals surface area contributed by atoms with Gasteiger partial charge in [-0.15, -0.1) is 0 Å². The summed E-state index contributed by atoms with van der Waals surface area (Å²) in [5.74, 6) is -0.488. The smallest absolute Gasteiger partial charge is 0.324 e. The number of phenolic OH excluding ortho intramolecular Hbond substituents is 2. The molecule has 3 aromatic carbocycles. The van der Waals surface area contributed by atoms with Crippen molar-refractivity contribution in [3.63, 3.8) is 0 Å². The number of aliphatic hydroxyl groups is 3. The lowest BCUT2D eigenvalue weighted by Crippen LogP contribution is -2.44. The van der Waals surface area contributed by atoms with Gasteiger partial charge in [-0.2, -0.15) is 9.97 Å². The molecule has 4 atom stereocenters. The van der Waals surface area contributed by atoms with E-state index in [4.69, 9.17) is 15.1 Å². The van der Waals surface area contributed by atoms with Gasteiger partial charge in [0.15, 0.2) is 22.8 Å². The Kier molecular flexibility index (Phi) is 10.7. The van der Waals surface area contributed by atoms with E-state index in [9.17, 15) is 43.5 Å². The van der Waals surface area contributed by atoms with E-state index in [1.54, 1.807) is 53.1 Å². The Labute approximate surface area is 323 Å². The number of phenols is 2. The highest BCUT2D eigenvalue weighted by Crippen LogP contribution is 2.35. The topological polar surface area (TPSA) is 305 Å². The first-order valence-electron chi connectivity index (χ1n) is 17.3. The van der Waals surface area contributed by atoms with Gasteiger partial charge in [-0.25, -0.2) is 28.3 Å². The number of carbonyl (C=O) groups excluding carboxylic acids is 2. The zero-order chi connectivity index (χ0) is 40.4. The number of aromatic hydroxyl groups is 2. The third kappa shape index (κ3) is 8.46. The largest absolute Gasteiger partial charge is 0.508 e. The van der Waals surface area contributed by atoms with Crippen LogP contribution in [0.15, 0.2) is 96.5 Å². The molecule has 1 aliphatic rings. The van der Waals surface area contributed by atoms with Gasteiger partial charge >= 0.3 is 6.03 Å². The summed E-state index contributed by atoms with van der Waals surface area (Å²) >= 11 is 0. The number of sulfonamides is 1. The quantitative estimate of drug-likeness (QED) is 0.0830. The molecule has 1 fully saturated rings. The highest BCUT2D eigenvalue weighted by atomic mass is 32.2. The van der Waals surface area contributed by atoms with E-state index in [1.807, 2.05) is 0 Å². The first-order valence-corrected chi connectivity index (χ1v) is 18.9. The maximum Gasteiger partial charge on any atom is 0.324 e. The summed E-state index contributed by atoms with van der Waals surface area (Å²) < 4.78 is 26.5. The lowest BCUT2D eigenvalue weighted by molar-refractivity contribution is -0.125. The molecule has 0 spiro atoms. The molecule has 7 rings (SSSR count). The molecule has 0 radical (unpaired) electrons. The molecule has 57 heavy (non-hydrogen) atoms. The summed E-state index contributed by atoms with van der Waals surface area (Å²) in [6.45, 7) is -0.564. The van der Waals surface area contributed by atoms with Crippen LogP contribution < -0.4 is 26.4 Å². The molecule has 296 valence electrons. The Bertz CT molecular complexity index is 2480. The van der Waals surface area contributed by atoms with Gasteiger partial charge in [-0.1, -0.05) is 30.3 Å². The number of anilines is 3. The fraction of sp³-hybridized carbons (Fsp3) is 0.222. The highest BCUT2D eigenvalue weighted by molar-refractivity contribution is 7.89. The number of hydrogen-bond acceptors (Lipinski definition) is 14. The van der Waals surface area contributed by atoms with Gasteiger partial charge in [-0.3, -0.25) is 14.7 Å². The van der Waals surface area contributed by atoms with Crippen molar-refractivity contribution in [1.82, 2.24) is 34.4 Å². The number of rotatable bonds is 12. The maximum absolute atomic E-state index is 12.8. The minimum atomic E-state index is -4.01.